The Balaban J connectivity index is 1.32. The molecule has 7 heteroatoms. The lowest BCUT2D eigenvalue weighted by Crippen LogP contribution is -2.48. The second-order valence-corrected chi connectivity index (χ2v) is 11.5. The molecule has 0 bridgehead atoms. The van der Waals surface area contributed by atoms with E-state index in [0.29, 0.717) is 10.8 Å². The van der Waals surface area contributed by atoms with Crippen molar-refractivity contribution in [1.82, 2.24) is 15.6 Å². The fourth-order valence-corrected chi connectivity index (χ4v) is 6.09. The van der Waals surface area contributed by atoms with Gasteiger partial charge in [-0.1, -0.05) is 56.0 Å². The molecule has 2 heterocycles. The minimum absolute atomic E-state index is 0.00991. The number of hydrogen-bond acceptors (Lipinski definition) is 5. The molecule has 2 atom stereocenters. The fraction of sp³-hybridized carbons (Fsp3) is 0.433. The molecule has 2 fully saturated rings. The summed E-state index contributed by atoms with van der Waals surface area (Å²) in [6.07, 6.45) is 10.1. The first-order valence-corrected chi connectivity index (χ1v) is 14.3. The smallest absolute Gasteiger partial charge is 0.262 e. The maximum atomic E-state index is 13.3. The average molecular weight is 517 g/mol. The van der Waals surface area contributed by atoms with Gasteiger partial charge in [0.15, 0.2) is 0 Å². The number of nitrogens with zero attached hydrogens (tertiary/aromatic N) is 1. The predicted octanol–water partition coefficient (Wildman–Crippen LogP) is 5.80. The van der Waals surface area contributed by atoms with Crippen molar-refractivity contribution in [3.05, 3.63) is 81.8 Å². The van der Waals surface area contributed by atoms with E-state index in [1.165, 1.54) is 29.7 Å². The van der Waals surface area contributed by atoms with E-state index in [1.807, 2.05) is 49.4 Å². The molecular weight excluding hydrogens is 480 g/mol. The van der Waals surface area contributed by atoms with Gasteiger partial charge in [0.2, 0.25) is 5.91 Å². The Kier molecular flexibility index (Phi) is 8.19. The SMILES string of the molecule is Cc1ncccc1N[C@@H](Cc1ccccc1)c1ccc(C(=O)N[C@@H](CC2CCCC2)C(=O)NC2CC2)s1. The van der Waals surface area contributed by atoms with Crippen LogP contribution in [0.1, 0.15) is 76.8 Å². The summed E-state index contributed by atoms with van der Waals surface area (Å²) in [6, 6.07) is 18.0. The minimum Gasteiger partial charge on any atom is -0.376 e. The quantitative estimate of drug-likeness (QED) is 0.301. The second kappa shape index (κ2) is 11.9. The number of hydrogen-bond donors (Lipinski definition) is 3. The normalized spacial score (nSPS) is 17.2. The van der Waals surface area contributed by atoms with Gasteiger partial charge in [-0.25, -0.2) is 0 Å². The Hall–Kier alpha value is -3.19. The molecule has 2 aliphatic rings. The van der Waals surface area contributed by atoms with Crippen LogP contribution in [0.3, 0.4) is 0 Å². The minimum atomic E-state index is -0.474. The number of carbonyl (C=O) groups excluding carboxylic acids is 2. The van der Waals surface area contributed by atoms with Crippen molar-refractivity contribution in [3.8, 4) is 0 Å². The van der Waals surface area contributed by atoms with Crippen molar-refractivity contribution in [3.63, 3.8) is 0 Å². The third-order valence-electron chi connectivity index (χ3n) is 7.40. The summed E-state index contributed by atoms with van der Waals surface area (Å²) < 4.78 is 0. The van der Waals surface area contributed by atoms with Gasteiger partial charge in [-0.05, 0) is 68.4 Å². The van der Waals surface area contributed by atoms with E-state index in [2.05, 4.69) is 33.1 Å². The fourth-order valence-electron chi connectivity index (χ4n) is 5.13. The molecule has 0 spiro atoms. The van der Waals surface area contributed by atoms with Crippen LogP contribution in [-0.4, -0.2) is 28.9 Å². The molecule has 3 aromatic rings. The zero-order valence-corrected chi connectivity index (χ0v) is 22.2. The summed E-state index contributed by atoms with van der Waals surface area (Å²) in [5.41, 5.74) is 3.14. The molecule has 194 valence electrons. The highest BCUT2D eigenvalue weighted by molar-refractivity contribution is 7.14. The molecule has 0 aliphatic heterocycles. The van der Waals surface area contributed by atoms with Gasteiger partial charge < -0.3 is 16.0 Å². The van der Waals surface area contributed by atoms with E-state index < -0.39 is 6.04 Å². The number of benzene rings is 1. The van der Waals surface area contributed by atoms with Gasteiger partial charge in [0.05, 0.1) is 22.3 Å². The van der Waals surface area contributed by atoms with Gasteiger partial charge in [-0.3, -0.25) is 14.6 Å². The number of aryl methyl sites for hydroxylation is 1. The van der Waals surface area contributed by atoms with Gasteiger partial charge in [-0.2, -0.15) is 0 Å². The third-order valence-corrected chi connectivity index (χ3v) is 8.60. The number of thiophene rings is 1. The van der Waals surface area contributed by atoms with Crippen molar-refractivity contribution in [2.45, 2.75) is 76.4 Å². The summed E-state index contributed by atoms with van der Waals surface area (Å²) in [7, 11) is 0. The number of carbonyl (C=O) groups is 2. The Bertz CT molecular complexity index is 1200. The number of pyridine rings is 1. The molecule has 5 rings (SSSR count). The Morgan fingerprint density at radius 3 is 2.51 bits per heavy atom. The molecule has 1 aromatic carbocycles. The summed E-state index contributed by atoms with van der Waals surface area (Å²) in [5.74, 6) is 0.313. The van der Waals surface area contributed by atoms with E-state index >= 15 is 0 Å². The Labute approximate surface area is 223 Å². The van der Waals surface area contributed by atoms with E-state index in [4.69, 9.17) is 0 Å². The number of aromatic nitrogens is 1. The molecule has 2 amide bonds. The number of rotatable bonds is 11. The molecule has 37 heavy (non-hydrogen) atoms. The second-order valence-electron chi connectivity index (χ2n) is 10.4. The van der Waals surface area contributed by atoms with Crippen LogP contribution in [0.15, 0.2) is 60.8 Å². The topological polar surface area (TPSA) is 83.1 Å². The van der Waals surface area contributed by atoms with Gasteiger partial charge in [-0.15, -0.1) is 11.3 Å². The van der Waals surface area contributed by atoms with Gasteiger partial charge in [0.25, 0.3) is 5.91 Å². The van der Waals surface area contributed by atoms with Gasteiger partial charge in [0.1, 0.15) is 6.04 Å². The van der Waals surface area contributed by atoms with Crippen LogP contribution in [0.2, 0.25) is 0 Å². The summed E-state index contributed by atoms with van der Waals surface area (Å²) in [6.45, 7) is 1.99. The van der Waals surface area contributed by atoms with Crippen LogP contribution in [0.4, 0.5) is 5.69 Å². The van der Waals surface area contributed by atoms with Crippen LogP contribution >= 0.6 is 11.3 Å². The maximum Gasteiger partial charge on any atom is 0.262 e. The maximum absolute atomic E-state index is 13.3. The van der Waals surface area contributed by atoms with E-state index in [9.17, 15) is 9.59 Å². The lowest BCUT2D eigenvalue weighted by molar-refractivity contribution is -0.123. The largest absolute Gasteiger partial charge is 0.376 e. The number of amides is 2. The highest BCUT2D eigenvalue weighted by atomic mass is 32.1. The molecular formula is C30H36N4O2S. The van der Waals surface area contributed by atoms with Crippen LogP contribution in [-0.2, 0) is 11.2 Å². The number of nitrogens with one attached hydrogen (secondary N) is 3. The third kappa shape index (κ3) is 6.98. The summed E-state index contributed by atoms with van der Waals surface area (Å²) in [4.78, 5) is 32.4. The average Bonchev–Trinajstić information content (AvgIpc) is 3.34. The van der Waals surface area contributed by atoms with Crippen LogP contribution in [0, 0.1) is 12.8 Å². The van der Waals surface area contributed by atoms with Gasteiger partial charge >= 0.3 is 0 Å². The van der Waals surface area contributed by atoms with Crippen molar-refractivity contribution < 1.29 is 9.59 Å². The van der Waals surface area contributed by atoms with E-state index in [1.54, 1.807) is 6.20 Å². The Morgan fingerprint density at radius 2 is 1.78 bits per heavy atom. The first kappa shape index (κ1) is 25.5. The van der Waals surface area contributed by atoms with Crippen molar-refractivity contribution in [1.29, 1.82) is 0 Å². The monoisotopic (exact) mass is 516 g/mol. The molecule has 2 aromatic heterocycles. The first-order valence-electron chi connectivity index (χ1n) is 13.5. The summed E-state index contributed by atoms with van der Waals surface area (Å²) in [5, 5.41) is 9.84. The zero-order valence-electron chi connectivity index (χ0n) is 21.4. The standard InChI is InChI=1S/C30H36N4O2S/c1-20-24(12-7-17-31-20)33-25(18-21-8-3-2-4-9-21)27-15-16-28(37-27)30(36)34-26(19-22-10-5-6-11-22)29(35)32-23-13-14-23/h2-4,7-9,12,15-17,22-23,25-26,33H,5-6,10-11,13-14,18-19H2,1H3,(H,32,35)(H,34,36)/t25-,26-/m0/s1. The van der Waals surface area contributed by atoms with Crippen LogP contribution < -0.4 is 16.0 Å². The molecule has 6 nitrogen and oxygen atoms in total. The van der Waals surface area contributed by atoms with Crippen molar-refractivity contribution >= 4 is 28.8 Å². The highest BCUT2D eigenvalue weighted by Gasteiger charge is 2.31. The first-order chi connectivity index (χ1) is 18.0. The molecule has 2 aliphatic carbocycles. The molecule has 0 radical (unpaired) electrons. The van der Waals surface area contributed by atoms with Gasteiger partial charge in [0, 0.05) is 17.1 Å². The van der Waals surface area contributed by atoms with E-state index in [-0.39, 0.29) is 23.9 Å². The van der Waals surface area contributed by atoms with Crippen molar-refractivity contribution in [2.75, 3.05) is 5.32 Å². The molecule has 3 N–H and O–H groups in total. The lowest BCUT2D eigenvalue weighted by Gasteiger charge is -2.21. The lowest BCUT2D eigenvalue weighted by atomic mass is 9.97. The summed E-state index contributed by atoms with van der Waals surface area (Å²) >= 11 is 1.49. The van der Waals surface area contributed by atoms with Crippen LogP contribution in [0.5, 0.6) is 0 Å². The van der Waals surface area contributed by atoms with Crippen molar-refractivity contribution in [2.24, 2.45) is 5.92 Å². The van der Waals surface area contributed by atoms with Crippen LogP contribution in [0.25, 0.3) is 0 Å². The number of anilines is 1. The zero-order chi connectivity index (χ0) is 25.6. The molecule has 0 unspecified atom stereocenters. The molecule has 0 saturated heterocycles. The highest BCUT2D eigenvalue weighted by Crippen LogP contribution is 2.32. The predicted molar refractivity (Wildman–Crippen MR) is 149 cm³/mol. The molecule has 2 saturated carbocycles. The Morgan fingerprint density at radius 1 is 1.00 bits per heavy atom. The van der Waals surface area contributed by atoms with E-state index in [0.717, 1.165) is 54.8 Å².